The van der Waals surface area contributed by atoms with Crippen LogP contribution in [-0.2, 0) is 24.2 Å². The molecule has 0 spiro atoms. The summed E-state index contributed by atoms with van der Waals surface area (Å²) in [6, 6.07) is 0. The molecule has 2 aromatic heterocycles. The largest absolute Gasteiger partial charge is 0.481 e. The van der Waals surface area contributed by atoms with Crippen molar-refractivity contribution in [1.29, 1.82) is 0 Å². The first-order valence-electron chi connectivity index (χ1n) is 5.85. The summed E-state index contributed by atoms with van der Waals surface area (Å²) >= 11 is 1.22. The van der Waals surface area contributed by atoms with Gasteiger partial charge >= 0.3 is 5.97 Å². The third-order valence-corrected chi connectivity index (χ3v) is 3.53. The fourth-order valence-electron chi connectivity index (χ4n) is 1.67. The van der Waals surface area contributed by atoms with Gasteiger partial charge in [-0.15, -0.1) is 0 Å². The molecule has 0 aromatic carbocycles. The van der Waals surface area contributed by atoms with Crippen molar-refractivity contribution in [2.45, 2.75) is 31.5 Å². The van der Waals surface area contributed by atoms with Crippen molar-refractivity contribution >= 4 is 17.7 Å². The predicted molar refractivity (Wildman–Crippen MR) is 68.0 cm³/mol. The lowest BCUT2D eigenvalue weighted by Crippen LogP contribution is -2.08. The van der Waals surface area contributed by atoms with E-state index in [2.05, 4.69) is 19.6 Å². The van der Waals surface area contributed by atoms with Gasteiger partial charge < -0.3 is 14.2 Å². The van der Waals surface area contributed by atoms with E-state index in [1.165, 1.54) is 18.2 Å². The van der Waals surface area contributed by atoms with Crippen molar-refractivity contribution in [3.05, 3.63) is 24.1 Å². The highest BCUT2D eigenvalue weighted by Gasteiger charge is 2.12. The third kappa shape index (κ3) is 3.57. The lowest BCUT2D eigenvalue weighted by atomic mass is 10.3. The van der Waals surface area contributed by atoms with Crippen LogP contribution in [0.15, 0.2) is 22.3 Å². The minimum atomic E-state index is -0.851. The molecule has 2 heterocycles. The van der Waals surface area contributed by atoms with Crippen LogP contribution in [0.25, 0.3) is 0 Å². The molecule has 0 aliphatic rings. The Morgan fingerprint density at radius 1 is 1.53 bits per heavy atom. The number of thioether (sulfide) groups is 1. The second-order valence-electron chi connectivity index (χ2n) is 3.82. The lowest BCUT2D eigenvalue weighted by molar-refractivity contribution is -0.133. The fraction of sp³-hybridized carbons (Fsp3) is 0.455. The maximum absolute atomic E-state index is 10.6. The Hall–Kier alpha value is -1.83. The molecule has 0 bridgehead atoms. The molecule has 0 aliphatic heterocycles. The highest BCUT2D eigenvalue weighted by molar-refractivity contribution is 7.99. The number of nitrogens with zero attached hydrogens (tertiary/aromatic N) is 4. The van der Waals surface area contributed by atoms with Gasteiger partial charge in [0.15, 0.2) is 11.0 Å². The zero-order valence-corrected chi connectivity index (χ0v) is 11.3. The van der Waals surface area contributed by atoms with Crippen molar-refractivity contribution < 1.29 is 14.4 Å². The Morgan fingerprint density at radius 3 is 3.00 bits per heavy atom. The molecule has 0 saturated carbocycles. The van der Waals surface area contributed by atoms with E-state index in [1.807, 2.05) is 11.5 Å². The second kappa shape index (κ2) is 6.37. The molecule has 0 amide bonds. The molecule has 0 saturated heterocycles. The second-order valence-corrected chi connectivity index (χ2v) is 4.76. The summed E-state index contributed by atoms with van der Waals surface area (Å²) in [4.78, 5) is 18.8. The van der Waals surface area contributed by atoms with Crippen LogP contribution in [0, 0.1) is 0 Å². The van der Waals surface area contributed by atoms with Crippen LogP contribution >= 0.6 is 11.8 Å². The molecule has 1 N–H and O–H groups in total. The smallest absolute Gasteiger partial charge is 0.313 e. The summed E-state index contributed by atoms with van der Waals surface area (Å²) in [6.07, 6.45) is 4.54. The zero-order chi connectivity index (χ0) is 13.7. The Balaban J connectivity index is 2.07. The van der Waals surface area contributed by atoms with Gasteiger partial charge in [-0.3, -0.25) is 4.79 Å². The molecule has 0 atom stereocenters. The number of aromatic nitrogens is 4. The molecular formula is C11H14N4O3S. The summed E-state index contributed by atoms with van der Waals surface area (Å²) in [5, 5.41) is 13.2. The van der Waals surface area contributed by atoms with E-state index in [0.717, 1.165) is 12.1 Å². The van der Waals surface area contributed by atoms with Crippen LogP contribution in [-0.4, -0.2) is 36.5 Å². The van der Waals surface area contributed by atoms with Crippen LogP contribution in [0.4, 0.5) is 0 Å². The van der Waals surface area contributed by atoms with Crippen molar-refractivity contribution in [1.82, 2.24) is 19.7 Å². The van der Waals surface area contributed by atoms with Crippen molar-refractivity contribution in [3.8, 4) is 0 Å². The van der Waals surface area contributed by atoms with E-state index in [1.54, 1.807) is 6.20 Å². The third-order valence-electron chi connectivity index (χ3n) is 2.55. The standard InChI is InChI=1S/C11H14N4O3S/c1-2-8-5-12-11(19-6-10(16)17)15(8)4-3-9-13-7-18-14-9/h5,7H,2-4,6H2,1H3,(H,16,17). The number of aliphatic carboxylic acids is 1. The number of hydrogen-bond donors (Lipinski definition) is 1. The first-order valence-corrected chi connectivity index (χ1v) is 6.83. The Bertz CT molecular complexity index is 538. The monoisotopic (exact) mass is 282 g/mol. The van der Waals surface area contributed by atoms with Gasteiger partial charge in [-0.05, 0) is 6.42 Å². The number of carboxylic acid groups (broad SMARTS) is 1. The summed E-state index contributed by atoms with van der Waals surface area (Å²) in [5.74, 6) is -0.219. The number of carboxylic acids is 1. The number of carbonyl (C=O) groups is 1. The Morgan fingerprint density at radius 2 is 2.37 bits per heavy atom. The van der Waals surface area contributed by atoms with Gasteiger partial charge in [0, 0.05) is 24.9 Å². The average molecular weight is 282 g/mol. The van der Waals surface area contributed by atoms with Gasteiger partial charge in [0.2, 0.25) is 6.39 Å². The SMILES string of the molecule is CCc1cnc(SCC(=O)O)n1CCc1ncon1. The maximum atomic E-state index is 10.6. The van der Waals surface area contributed by atoms with E-state index >= 15 is 0 Å². The summed E-state index contributed by atoms with van der Waals surface area (Å²) in [7, 11) is 0. The first kappa shape index (κ1) is 13.6. The van der Waals surface area contributed by atoms with E-state index in [0.29, 0.717) is 23.9 Å². The van der Waals surface area contributed by atoms with Gasteiger partial charge in [0.1, 0.15) is 0 Å². The molecule has 0 unspecified atom stereocenters. The highest BCUT2D eigenvalue weighted by atomic mass is 32.2. The molecule has 0 radical (unpaired) electrons. The van der Waals surface area contributed by atoms with Crippen molar-refractivity contribution in [3.63, 3.8) is 0 Å². The van der Waals surface area contributed by atoms with Crippen LogP contribution < -0.4 is 0 Å². The minimum absolute atomic E-state index is 0.00236. The van der Waals surface area contributed by atoms with E-state index < -0.39 is 5.97 Å². The van der Waals surface area contributed by atoms with Crippen LogP contribution in [0.3, 0.4) is 0 Å². The Labute approximate surface area is 114 Å². The molecule has 19 heavy (non-hydrogen) atoms. The fourth-order valence-corrected chi connectivity index (χ4v) is 2.41. The molecule has 7 nitrogen and oxygen atoms in total. The average Bonchev–Trinajstić information content (AvgIpc) is 3.02. The molecule has 2 aromatic rings. The van der Waals surface area contributed by atoms with E-state index in [9.17, 15) is 4.79 Å². The minimum Gasteiger partial charge on any atom is -0.481 e. The highest BCUT2D eigenvalue weighted by Crippen LogP contribution is 2.19. The normalized spacial score (nSPS) is 10.8. The lowest BCUT2D eigenvalue weighted by Gasteiger charge is -2.08. The summed E-state index contributed by atoms with van der Waals surface area (Å²) in [5.41, 5.74) is 1.07. The van der Waals surface area contributed by atoms with E-state index in [-0.39, 0.29) is 5.75 Å². The number of hydrogen-bond acceptors (Lipinski definition) is 6. The van der Waals surface area contributed by atoms with Gasteiger partial charge in [-0.1, -0.05) is 23.8 Å². The van der Waals surface area contributed by atoms with E-state index in [4.69, 9.17) is 5.11 Å². The van der Waals surface area contributed by atoms with Gasteiger partial charge in [-0.2, -0.15) is 4.98 Å². The Kier molecular flexibility index (Phi) is 4.56. The van der Waals surface area contributed by atoms with Crippen molar-refractivity contribution in [2.75, 3.05) is 5.75 Å². The van der Waals surface area contributed by atoms with Crippen LogP contribution in [0.2, 0.25) is 0 Å². The van der Waals surface area contributed by atoms with Crippen LogP contribution in [0.5, 0.6) is 0 Å². The molecule has 2 rings (SSSR count). The summed E-state index contributed by atoms with van der Waals surface area (Å²) < 4.78 is 6.69. The van der Waals surface area contributed by atoms with Gasteiger partial charge in [-0.25, -0.2) is 4.98 Å². The molecule has 102 valence electrons. The number of imidazole rings is 1. The summed E-state index contributed by atoms with van der Waals surface area (Å²) in [6.45, 7) is 2.69. The zero-order valence-electron chi connectivity index (χ0n) is 10.4. The molecular weight excluding hydrogens is 268 g/mol. The van der Waals surface area contributed by atoms with Gasteiger partial charge in [0.25, 0.3) is 0 Å². The first-order chi connectivity index (χ1) is 9.20. The maximum Gasteiger partial charge on any atom is 0.313 e. The quantitative estimate of drug-likeness (QED) is 0.763. The van der Waals surface area contributed by atoms with Crippen LogP contribution in [0.1, 0.15) is 18.4 Å². The number of rotatable bonds is 7. The molecule has 0 fully saturated rings. The van der Waals surface area contributed by atoms with Gasteiger partial charge in [0.05, 0.1) is 5.75 Å². The predicted octanol–water partition coefficient (Wildman–Crippen LogP) is 1.25. The van der Waals surface area contributed by atoms with Crippen molar-refractivity contribution in [2.24, 2.45) is 0 Å². The molecule has 8 heteroatoms. The molecule has 0 aliphatic carbocycles. The number of aryl methyl sites for hydroxylation is 2. The topological polar surface area (TPSA) is 94.0 Å².